The SMILES string of the molecule is S=c1oc(-c2cccs2)nn1CN1CCCCC1. The van der Waals surface area contributed by atoms with Crippen LogP contribution in [0.1, 0.15) is 19.3 Å². The Morgan fingerprint density at radius 3 is 2.89 bits per heavy atom. The zero-order chi connectivity index (χ0) is 12.4. The van der Waals surface area contributed by atoms with Crippen LogP contribution in [0.15, 0.2) is 21.9 Å². The molecule has 4 nitrogen and oxygen atoms in total. The highest BCUT2D eigenvalue weighted by Crippen LogP contribution is 2.23. The lowest BCUT2D eigenvalue weighted by Gasteiger charge is -2.25. The van der Waals surface area contributed by atoms with E-state index < -0.39 is 0 Å². The first-order valence-corrected chi connectivity index (χ1v) is 7.46. The van der Waals surface area contributed by atoms with Crippen molar-refractivity contribution in [3.8, 4) is 10.8 Å². The molecule has 0 saturated carbocycles. The van der Waals surface area contributed by atoms with Crippen molar-refractivity contribution >= 4 is 23.6 Å². The van der Waals surface area contributed by atoms with Gasteiger partial charge in [0.1, 0.15) is 0 Å². The van der Waals surface area contributed by atoms with Crippen molar-refractivity contribution in [3.63, 3.8) is 0 Å². The number of likely N-dealkylation sites (tertiary alicyclic amines) is 1. The van der Waals surface area contributed by atoms with E-state index in [0.717, 1.165) is 24.6 Å². The predicted octanol–water partition coefficient (Wildman–Crippen LogP) is 3.38. The molecule has 1 fully saturated rings. The van der Waals surface area contributed by atoms with Crippen LogP contribution in [0, 0.1) is 4.84 Å². The van der Waals surface area contributed by atoms with Gasteiger partial charge in [-0.1, -0.05) is 12.5 Å². The molecule has 1 aliphatic rings. The van der Waals surface area contributed by atoms with Crippen LogP contribution in [0.3, 0.4) is 0 Å². The normalized spacial score (nSPS) is 17.1. The van der Waals surface area contributed by atoms with Crippen LogP contribution in [0.2, 0.25) is 0 Å². The van der Waals surface area contributed by atoms with Crippen molar-refractivity contribution < 1.29 is 4.42 Å². The highest BCUT2D eigenvalue weighted by atomic mass is 32.1. The highest BCUT2D eigenvalue weighted by molar-refractivity contribution is 7.71. The third kappa shape index (κ3) is 2.55. The van der Waals surface area contributed by atoms with E-state index >= 15 is 0 Å². The third-order valence-corrected chi connectivity index (χ3v) is 4.27. The fourth-order valence-corrected chi connectivity index (χ4v) is 3.01. The third-order valence-electron chi connectivity index (χ3n) is 3.12. The molecule has 0 atom stereocenters. The molecule has 0 radical (unpaired) electrons. The summed E-state index contributed by atoms with van der Waals surface area (Å²) in [6.07, 6.45) is 3.87. The Kier molecular flexibility index (Phi) is 3.58. The molecule has 0 amide bonds. The summed E-state index contributed by atoms with van der Waals surface area (Å²) in [6.45, 7) is 3.00. The predicted molar refractivity (Wildman–Crippen MR) is 74.1 cm³/mol. The van der Waals surface area contributed by atoms with Crippen molar-refractivity contribution in [1.82, 2.24) is 14.7 Å². The minimum absolute atomic E-state index is 0.462. The minimum atomic E-state index is 0.462. The summed E-state index contributed by atoms with van der Waals surface area (Å²) in [4.78, 5) is 3.86. The van der Waals surface area contributed by atoms with Gasteiger partial charge in [-0.3, -0.25) is 4.90 Å². The summed E-state index contributed by atoms with van der Waals surface area (Å²) in [5.41, 5.74) is 0. The molecule has 0 spiro atoms. The van der Waals surface area contributed by atoms with Gasteiger partial charge in [0, 0.05) is 0 Å². The lowest BCUT2D eigenvalue weighted by molar-refractivity contribution is 0.170. The molecule has 2 aromatic heterocycles. The van der Waals surface area contributed by atoms with E-state index in [0.29, 0.717) is 10.7 Å². The molecule has 18 heavy (non-hydrogen) atoms. The molecule has 1 aliphatic heterocycles. The maximum atomic E-state index is 5.55. The monoisotopic (exact) mass is 281 g/mol. The molecular weight excluding hydrogens is 266 g/mol. The number of piperidine rings is 1. The summed E-state index contributed by atoms with van der Waals surface area (Å²) in [5, 5.41) is 6.47. The number of rotatable bonds is 3. The van der Waals surface area contributed by atoms with Gasteiger partial charge >= 0.3 is 0 Å². The van der Waals surface area contributed by atoms with Crippen LogP contribution >= 0.6 is 23.6 Å². The number of thiophene rings is 1. The van der Waals surface area contributed by atoms with E-state index in [1.807, 2.05) is 17.5 Å². The number of hydrogen-bond acceptors (Lipinski definition) is 5. The fourth-order valence-electron chi connectivity index (χ4n) is 2.19. The first kappa shape index (κ1) is 12.1. The molecule has 3 rings (SSSR count). The van der Waals surface area contributed by atoms with Gasteiger partial charge in [-0.25, -0.2) is 4.68 Å². The van der Waals surface area contributed by atoms with Crippen LogP contribution in [-0.4, -0.2) is 27.8 Å². The maximum Gasteiger partial charge on any atom is 0.288 e. The van der Waals surface area contributed by atoms with E-state index in [1.165, 1.54) is 19.3 Å². The molecule has 1 saturated heterocycles. The summed E-state index contributed by atoms with van der Waals surface area (Å²) < 4.78 is 7.34. The summed E-state index contributed by atoms with van der Waals surface area (Å²) in [7, 11) is 0. The van der Waals surface area contributed by atoms with Gasteiger partial charge in [0.2, 0.25) is 0 Å². The zero-order valence-corrected chi connectivity index (χ0v) is 11.7. The average molecular weight is 281 g/mol. The van der Waals surface area contributed by atoms with Gasteiger partial charge in [-0.05, 0) is 49.6 Å². The fraction of sp³-hybridized carbons (Fsp3) is 0.500. The molecule has 96 valence electrons. The van der Waals surface area contributed by atoms with Gasteiger partial charge in [0.25, 0.3) is 10.7 Å². The van der Waals surface area contributed by atoms with Crippen LogP contribution < -0.4 is 0 Å². The van der Waals surface area contributed by atoms with Crippen molar-refractivity contribution in [1.29, 1.82) is 0 Å². The molecule has 0 N–H and O–H groups in total. The first-order valence-electron chi connectivity index (χ1n) is 6.17. The molecule has 0 unspecified atom stereocenters. The summed E-state index contributed by atoms with van der Waals surface area (Å²) in [5.74, 6) is 0.631. The second kappa shape index (κ2) is 5.34. The number of aromatic nitrogens is 2. The van der Waals surface area contributed by atoms with Crippen LogP contribution in [0.4, 0.5) is 0 Å². The first-order chi connectivity index (χ1) is 8.83. The topological polar surface area (TPSA) is 34.2 Å². The average Bonchev–Trinajstić information content (AvgIpc) is 3.01. The minimum Gasteiger partial charge on any atom is -0.408 e. The van der Waals surface area contributed by atoms with E-state index in [4.69, 9.17) is 16.6 Å². The summed E-state index contributed by atoms with van der Waals surface area (Å²) >= 11 is 6.84. The molecular formula is C12H15N3OS2. The molecule has 0 aromatic carbocycles. The quantitative estimate of drug-likeness (QED) is 0.808. The summed E-state index contributed by atoms with van der Waals surface area (Å²) in [6, 6.07) is 3.98. The lowest BCUT2D eigenvalue weighted by Crippen LogP contribution is -2.32. The molecule has 6 heteroatoms. The molecule has 0 bridgehead atoms. The van der Waals surface area contributed by atoms with Gasteiger partial charge in [-0.2, -0.15) is 0 Å². The molecule has 2 aromatic rings. The Labute approximate surface area is 115 Å². The highest BCUT2D eigenvalue weighted by Gasteiger charge is 2.14. The Bertz CT molecular complexity index is 552. The van der Waals surface area contributed by atoms with Crippen LogP contribution in [0.5, 0.6) is 0 Å². The Balaban J connectivity index is 1.78. The molecule has 0 aliphatic carbocycles. The van der Waals surface area contributed by atoms with Crippen LogP contribution in [-0.2, 0) is 6.67 Å². The van der Waals surface area contributed by atoms with E-state index in [9.17, 15) is 0 Å². The van der Waals surface area contributed by atoms with Gasteiger partial charge in [0.15, 0.2) is 0 Å². The smallest absolute Gasteiger partial charge is 0.288 e. The van der Waals surface area contributed by atoms with Crippen molar-refractivity contribution in [3.05, 3.63) is 22.4 Å². The van der Waals surface area contributed by atoms with Gasteiger partial charge < -0.3 is 4.42 Å². The standard InChI is InChI=1S/C12H15N3OS2/c17-12-15(9-14-6-2-1-3-7-14)13-11(16-12)10-5-4-8-18-10/h4-5,8H,1-3,6-7,9H2. The number of hydrogen-bond donors (Lipinski definition) is 0. The Morgan fingerprint density at radius 1 is 1.33 bits per heavy atom. The largest absolute Gasteiger partial charge is 0.408 e. The maximum absolute atomic E-state index is 5.55. The van der Waals surface area contributed by atoms with Crippen molar-refractivity contribution in [2.24, 2.45) is 0 Å². The zero-order valence-electron chi connectivity index (χ0n) is 10.0. The van der Waals surface area contributed by atoms with E-state index in [-0.39, 0.29) is 0 Å². The molecule has 3 heterocycles. The van der Waals surface area contributed by atoms with Gasteiger partial charge in [0.05, 0.1) is 11.5 Å². The van der Waals surface area contributed by atoms with E-state index in [2.05, 4.69) is 10.00 Å². The number of nitrogens with zero attached hydrogens (tertiary/aromatic N) is 3. The van der Waals surface area contributed by atoms with Crippen LogP contribution in [0.25, 0.3) is 10.8 Å². The van der Waals surface area contributed by atoms with Crippen molar-refractivity contribution in [2.45, 2.75) is 25.9 Å². The Hall–Kier alpha value is -0.980. The second-order valence-electron chi connectivity index (χ2n) is 4.47. The van der Waals surface area contributed by atoms with Gasteiger partial charge in [-0.15, -0.1) is 16.4 Å². The second-order valence-corrected chi connectivity index (χ2v) is 5.77. The Morgan fingerprint density at radius 2 is 2.17 bits per heavy atom. The van der Waals surface area contributed by atoms with Crippen molar-refractivity contribution in [2.75, 3.05) is 13.1 Å². The van der Waals surface area contributed by atoms with E-state index in [1.54, 1.807) is 16.0 Å². The lowest BCUT2D eigenvalue weighted by atomic mass is 10.1.